The fraction of sp³-hybridized carbons (Fsp3) is 0.923. The van der Waals surface area contributed by atoms with Crippen LogP contribution < -0.4 is 5.73 Å². The Morgan fingerprint density at radius 2 is 1.75 bits per heavy atom. The highest BCUT2D eigenvalue weighted by Crippen LogP contribution is 2.20. The van der Waals surface area contributed by atoms with Gasteiger partial charge < -0.3 is 10.6 Å². The number of hydrogen-bond acceptors (Lipinski definition) is 1. The van der Waals surface area contributed by atoms with E-state index in [0.29, 0.717) is 24.0 Å². The van der Waals surface area contributed by atoms with Crippen molar-refractivity contribution >= 4 is 5.96 Å². The molecule has 0 radical (unpaired) electrons. The van der Waals surface area contributed by atoms with E-state index in [9.17, 15) is 0 Å². The van der Waals surface area contributed by atoms with Gasteiger partial charge in [0.15, 0.2) is 5.96 Å². The molecule has 0 aliphatic heterocycles. The molecule has 0 bridgehead atoms. The van der Waals surface area contributed by atoms with Gasteiger partial charge in [0.05, 0.1) is 6.04 Å². The van der Waals surface area contributed by atoms with Gasteiger partial charge >= 0.3 is 0 Å². The van der Waals surface area contributed by atoms with E-state index in [1.165, 1.54) is 32.1 Å². The first-order valence-corrected chi connectivity index (χ1v) is 6.58. The molecule has 1 aliphatic carbocycles. The molecule has 0 aromatic heterocycles. The lowest BCUT2D eigenvalue weighted by molar-refractivity contribution is 0.303. The number of nitrogens with zero attached hydrogens (tertiary/aromatic N) is 2. The van der Waals surface area contributed by atoms with Gasteiger partial charge in [-0.05, 0) is 25.7 Å². The summed E-state index contributed by atoms with van der Waals surface area (Å²) < 4.78 is 0. The highest BCUT2D eigenvalue weighted by Gasteiger charge is 2.17. The molecule has 1 saturated carbocycles. The second-order valence-corrected chi connectivity index (χ2v) is 5.37. The second-order valence-electron chi connectivity index (χ2n) is 5.37. The topological polar surface area (TPSA) is 41.6 Å². The van der Waals surface area contributed by atoms with E-state index in [1.807, 2.05) is 7.05 Å². The zero-order valence-corrected chi connectivity index (χ0v) is 11.2. The van der Waals surface area contributed by atoms with Crippen molar-refractivity contribution in [1.29, 1.82) is 0 Å². The van der Waals surface area contributed by atoms with Gasteiger partial charge in [0.25, 0.3) is 0 Å². The van der Waals surface area contributed by atoms with E-state index in [-0.39, 0.29) is 0 Å². The van der Waals surface area contributed by atoms with Gasteiger partial charge in [-0.1, -0.05) is 33.1 Å². The molecule has 1 fully saturated rings. The van der Waals surface area contributed by atoms with E-state index >= 15 is 0 Å². The Kier molecular flexibility index (Phi) is 5.10. The summed E-state index contributed by atoms with van der Waals surface area (Å²) in [4.78, 5) is 6.77. The predicted molar refractivity (Wildman–Crippen MR) is 70.6 cm³/mol. The lowest BCUT2D eigenvalue weighted by Gasteiger charge is -2.30. The average molecular weight is 225 g/mol. The van der Waals surface area contributed by atoms with Crippen LogP contribution in [0.4, 0.5) is 0 Å². The normalized spacial score (nSPS) is 21.2. The van der Waals surface area contributed by atoms with Gasteiger partial charge in [-0.3, -0.25) is 0 Å². The molecule has 2 N–H and O–H groups in total. The second kappa shape index (κ2) is 6.12. The summed E-state index contributed by atoms with van der Waals surface area (Å²) >= 11 is 0. The zero-order valence-electron chi connectivity index (χ0n) is 11.2. The van der Waals surface area contributed by atoms with Gasteiger partial charge in [-0.25, -0.2) is 4.99 Å². The summed E-state index contributed by atoms with van der Waals surface area (Å²) in [5, 5.41) is 0. The van der Waals surface area contributed by atoms with Crippen LogP contribution in [0.1, 0.15) is 52.9 Å². The highest BCUT2D eigenvalue weighted by atomic mass is 15.3. The highest BCUT2D eigenvalue weighted by molar-refractivity contribution is 5.78. The summed E-state index contributed by atoms with van der Waals surface area (Å²) in [6, 6.07) is 0.919. The number of rotatable bonds is 3. The Balaban J connectivity index is 2.53. The maximum absolute atomic E-state index is 6.06. The molecule has 0 heterocycles. The van der Waals surface area contributed by atoms with Crippen molar-refractivity contribution in [2.75, 3.05) is 7.05 Å². The van der Waals surface area contributed by atoms with E-state index in [4.69, 9.17) is 5.73 Å². The van der Waals surface area contributed by atoms with E-state index in [2.05, 4.69) is 30.7 Å². The molecule has 94 valence electrons. The van der Waals surface area contributed by atoms with Crippen LogP contribution in [-0.2, 0) is 0 Å². The van der Waals surface area contributed by atoms with Gasteiger partial charge in [-0.15, -0.1) is 0 Å². The Labute approximate surface area is 100 Å². The molecule has 1 unspecified atom stereocenters. The number of aliphatic imine (C=N–C) groups is 1. The first-order valence-electron chi connectivity index (χ1n) is 6.58. The molecular formula is C13H27N3. The quantitative estimate of drug-likeness (QED) is 0.592. The fourth-order valence-corrected chi connectivity index (χ4v) is 2.14. The molecule has 0 spiro atoms. The van der Waals surface area contributed by atoms with Gasteiger partial charge in [-0.2, -0.15) is 0 Å². The van der Waals surface area contributed by atoms with E-state index < -0.39 is 0 Å². The number of guanidine groups is 1. The minimum Gasteiger partial charge on any atom is -0.370 e. The third kappa shape index (κ3) is 3.69. The minimum atomic E-state index is 0.451. The van der Waals surface area contributed by atoms with Crippen LogP contribution in [0.25, 0.3) is 0 Å². The van der Waals surface area contributed by atoms with Crippen LogP contribution >= 0.6 is 0 Å². The first-order chi connectivity index (χ1) is 7.52. The van der Waals surface area contributed by atoms with E-state index in [0.717, 1.165) is 0 Å². The first kappa shape index (κ1) is 13.3. The van der Waals surface area contributed by atoms with Crippen molar-refractivity contribution in [1.82, 2.24) is 4.90 Å². The standard InChI is InChI=1S/C13H27N3/c1-10(2)11(3)16(4)13(14)15-12-8-6-5-7-9-12/h10-12H,5-9H2,1-4H3,(H2,14,15). The van der Waals surface area contributed by atoms with Crippen molar-refractivity contribution in [3.05, 3.63) is 0 Å². The number of nitrogens with two attached hydrogens (primary N) is 1. The van der Waals surface area contributed by atoms with Crippen LogP contribution in [0.5, 0.6) is 0 Å². The molecule has 0 saturated heterocycles. The molecule has 3 heteroatoms. The van der Waals surface area contributed by atoms with Crippen molar-refractivity contribution in [2.45, 2.75) is 65.0 Å². The Bertz CT molecular complexity index is 229. The third-order valence-corrected chi connectivity index (χ3v) is 3.83. The van der Waals surface area contributed by atoms with Crippen LogP contribution in [0.3, 0.4) is 0 Å². The molecular weight excluding hydrogens is 198 g/mol. The van der Waals surface area contributed by atoms with Crippen molar-refractivity contribution in [3.63, 3.8) is 0 Å². The minimum absolute atomic E-state index is 0.451. The zero-order chi connectivity index (χ0) is 12.1. The third-order valence-electron chi connectivity index (χ3n) is 3.83. The van der Waals surface area contributed by atoms with Crippen molar-refractivity contribution < 1.29 is 0 Å². The summed E-state index contributed by atoms with van der Waals surface area (Å²) in [6.07, 6.45) is 6.41. The van der Waals surface area contributed by atoms with Crippen LogP contribution in [0.15, 0.2) is 4.99 Å². The molecule has 1 aliphatic rings. The van der Waals surface area contributed by atoms with Gasteiger partial charge in [0, 0.05) is 13.1 Å². The Morgan fingerprint density at radius 1 is 1.19 bits per heavy atom. The number of hydrogen-bond donors (Lipinski definition) is 1. The molecule has 0 aromatic carbocycles. The van der Waals surface area contributed by atoms with Crippen LogP contribution in [0, 0.1) is 5.92 Å². The molecule has 3 nitrogen and oxygen atoms in total. The summed E-state index contributed by atoms with van der Waals surface area (Å²) in [7, 11) is 2.05. The lowest BCUT2D eigenvalue weighted by Crippen LogP contribution is -2.43. The van der Waals surface area contributed by atoms with E-state index in [1.54, 1.807) is 0 Å². The van der Waals surface area contributed by atoms with Gasteiger partial charge in [0.1, 0.15) is 0 Å². The molecule has 0 aromatic rings. The largest absolute Gasteiger partial charge is 0.370 e. The smallest absolute Gasteiger partial charge is 0.191 e. The predicted octanol–water partition coefficient (Wildman–Crippen LogP) is 2.61. The van der Waals surface area contributed by atoms with Gasteiger partial charge in [0.2, 0.25) is 0 Å². The SMILES string of the molecule is CC(C)C(C)N(C)C(N)=NC1CCCCC1. The monoisotopic (exact) mass is 225 g/mol. The molecule has 0 amide bonds. The van der Waals surface area contributed by atoms with Crippen LogP contribution in [-0.4, -0.2) is 30.0 Å². The molecule has 1 rings (SSSR count). The molecule has 1 atom stereocenters. The maximum Gasteiger partial charge on any atom is 0.191 e. The average Bonchev–Trinajstić information content (AvgIpc) is 2.28. The Morgan fingerprint density at radius 3 is 2.25 bits per heavy atom. The summed E-state index contributed by atoms with van der Waals surface area (Å²) in [5.41, 5.74) is 6.06. The summed E-state index contributed by atoms with van der Waals surface area (Å²) in [6.45, 7) is 6.64. The lowest BCUT2D eigenvalue weighted by atomic mass is 9.96. The summed E-state index contributed by atoms with van der Waals surface area (Å²) in [5.74, 6) is 1.32. The fourth-order valence-electron chi connectivity index (χ4n) is 2.14. The molecule has 16 heavy (non-hydrogen) atoms. The Hall–Kier alpha value is -0.730. The van der Waals surface area contributed by atoms with Crippen molar-refractivity contribution in [2.24, 2.45) is 16.6 Å². The maximum atomic E-state index is 6.06. The van der Waals surface area contributed by atoms with Crippen LogP contribution in [0.2, 0.25) is 0 Å². The van der Waals surface area contributed by atoms with Crippen molar-refractivity contribution in [3.8, 4) is 0 Å².